The minimum atomic E-state index is -0.702. The third-order valence-electron chi connectivity index (χ3n) is 3.70. The van der Waals surface area contributed by atoms with Crippen LogP contribution in [0.3, 0.4) is 0 Å². The number of aliphatic hydroxyl groups is 1. The van der Waals surface area contributed by atoms with Crippen molar-refractivity contribution in [3.8, 4) is 0 Å². The normalized spacial score (nSPS) is 10.3. The van der Waals surface area contributed by atoms with Crippen molar-refractivity contribution in [2.75, 3.05) is 18.5 Å². The highest BCUT2D eigenvalue weighted by Crippen LogP contribution is 2.16. The standard InChI is InChI=1S/C19H22N2O3/c1-14-8-9-17(15(2)12-14)20-18(23)19(24)21(10-11-22)13-16-6-4-3-5-7-16/h3-9,12,22H,10-11,13H2,1-2H3,(H,20,23). The Labute approximate surface area is 141 Å². The van der Waals surface area contributed by atoms with Gasteiger partial charge in [-0.15, -0.1) is 0 Å². The van der Waals surface area contributed by atoms with E-state index in [1.54, 1.807) is 6.07 Å². The largest absolute Gasteiger partial charge is 0.395 e. The molecule has 0 aliphatic carbocycles. The van der Waals surface area contributed by atoms with Crippen LogP contribution in [0.25, 0.3) is 0 Å². The van der Waals surface area contributed by atoms with Gasteiger partial charge in [0.2, 0.25) is 0 Å². The van der Waals surface area contributed by atoms with E-state index in [0.29, 0.717) is 5.69 Å². The highest BCUT2D eigenvalue weighted by molar-refractivity contribution is 6.39. The molecular weight excluding hydrogens is 304 g/mol. The number of aliphatic hydroxyl groups excluding tert-OH is 1. The first-order valence-electron chi connectivity index (χ1n) is 7.83. The maximum Gasteiger partial charge on any atom is 0.313 e. The maximum atomic E-state index is 12.4. The van der Waals surface area contributed by atoms with E-state index < -0.39 is 11.8 Å². The third kappa shape index (κ3) is 4.67. The van der Waals surface area contributed by atoms with Gasteiger partial charge in [-0.1, -0.05) is 48.0 Å². The molecule has 0 aliphatic heterocycles. The summed E-state index contributed by atoms with van der Waals surface area (Å²) in [5, 5.41) is 11.8. The zero-order chi connectivity index (χ0) is 17.5. The molecule has 2 rings (SSSR count). The lowest BCUT2D eigenvalue weighted by molar-refractivity contribution is -0.143. The van der Waals surface area contributed by atoms with Gasteiger partial charge in [0, 0.05) is 18.8 Å². The first kappa shape index (κ1) is 17.7. The number of anilines is 1. The molecule has 2 amide bonds. The van der Waals surface area contributed by atoms with Crippen molar-refractivity contribution in [3.63, 3.8) is 0 Å². The van der Waals surface area contributed by atoms with Crippen molar-refractivity contribution in [2.24, 2.45) is 0 Å². The fourth-order valence-corrected chi connectivity index (χ4v) is 2.45. The summed E-state index contributed by atoms with van der Waals surface area (Å²) in [5.74, 6) is -1.36. The van der Waals surface area contributed by atoms with Gasteiger partial charge in [-0.3, -0.25) is 9.59 Å². The van der Waals surface area contributed by atoms with Crippen molar-refractivity contribution in [1.82, 2.24) is 4.90 Å². The Morgan fingerprint density at radius 3 is 2.42 bits per heavy atom. The fourth-order valence-electron chi connectivity index (χ4n) is 2.45. The van der Waals surface area contributed by atoms with Crippen LogP contribution in [0.5, 0.6) is 0 Å². The van der Waals surface area contributed by atoms with Crippen molar-refractivity contribution >= 4 is 17.5 Å². The maximum absolute atomic E-state index is 12.4. The van der Waals surface area contributed by atoms with Gasteiger partial charge in [-0.05, 0) is 31.0 Å². The van der Waals surface area contributed by atoms with Crippen LogP contribution in [0.15, 0.2) is 48.5 Å². The molecule has 0 spiro atoms. The van der Waals surface area contributed by atoms with Crippen LogP contribution in [0.4, 0.5) is 5.69 Å². The molecule has 5 nitrogen and oxygen atoms in total. The van der Waals surface area contributed by atoms with E-state index in [4.69, 9.17) is 0 Å². The van der Waals surface area contributed by atoms with E-state index in [9.17, 15) is 14.7 Å². The number of nitrogens with zero attached hydrogens (tertiary/aromatic N) is 1. The van der Waals surface area contributed by atoms with E-state index >= 15 is 0 Å². The summed E-state index contributed by atoms with van der Waals surface area (Å²) in [4.78, 5) is 26.0. The Morgan fingerprint density at radius 1 is 1.08 bits per heavy atom. The van der Waals surface area contributed by atoms with Gasteiger partial charge in [0.1, 0.15) is 0 Å². The average Bonchev–Trinajstić information content (AvgIpc) is 2.57. The Balaban J connectivity index is 2.09. The van der Waals surface area contributed by atoms with Gasteiger partial charge in [0.25, 0.3) is 0 Å². The Hall–Kier alpha value is -2.66. The second-order valence-corrected chi connectivity index (χ2v) is 5.71. The summed E-state index contributed by atoms with van der Waals surface area (Å²) in [6, 6.07) is 15.0. The van der Waals surface area contributed by atoms with Gasteiger partial charge in [-0.25, -0.2) is 0 Å². The lowest BCUT2D eigenvalue weighted by atomic mass is 10.1. The van der Waals surface area contributed by atoms with E-state index in [0.717, 1.165) is 16.7 Å². The minimum absolute atomic E-state index is 0.105. The zero-order valence-corrected chi connectivity index (χ0v) is 14.0. The molecule has 2 N–H and O–H groups in total. The van der Waals surface area contributed by atoms with Gasteiger partial charge >= 0.3 is 11.8 Å². The summed E-state index contributed by atoms with van der Waals surface area (Å²) < 4.78 is 0. The molecule has 24 heavy (non-hydrogen) atoms. The van der Waals surface area contributed by atoms with Crippen molar-refractivity contribution in [2.45, 2.75) is 20.4 Å². The first-order valence-corrected chi connectivity index (χ1v) is 7.83. The second-order valence-electron chi connectivity index (χ2n) is 5.71. The monoisotopic (exact) mass is 326 g/mol. The van der Waals surface area contributed by atoms with Crippen LogP contribution in [0, 0.1) is 13.8 Å². The number of hydrogen-bond acceptors (Lipinski definition) is 3. The molecule has 2 aromatic rings. The minimum Gasteiger partial charge on any atom is -0.395 e. The van der Waals surface area contributed by atoms with Crippen LogP contribution in [0.1, 0.15) is 16.7 Å². The van der Waals surface area contributed by atoms with Crippen molar-refractivity contribution in [1.29, 1.82) is 0 Å². The number of carbonyl (C=O) groups excluding carboxylic acids is 2. The quantitative estimate of drug-likeness (QED) is 0.828. The number of amides is 2. The Morgan fingerprint density at radius 2 is 1.79 bits per heavy atom. The Bertz CT molecular complexity index is 714. The van der Waals surface area contributed by atoms with Crippen LogP contribution >= 0.6 is 0 Å². The number of benzene rings is 2. The molecular formula is C19H22N2O3. The summed E-state index contributed by atoms with van der Waals surface area (Å²) >= 11 is 0. The smallest absolute Gasteiger partial charge is 0.313 e. The number of nitrogens with one attached hydrogen (secondary N) is 1. The van der Waals surface area contributed by atoms with E-state index in [1.807, 2.05) is 56.3 Å². The van der Waals surface area contributed by atoms with Crippen LogP contribution in [0.2, 0.25) is 0 Å². The van der Waals surface area contributed by atoms with Crippen molar-refractivity contribution < 1.29 is 14.7 Å². The van der Waals surface area contributed by atoms with E-state index in [1.165, 1.54) is 4.90 Å². The molecule has 0 saturated heterocycles. The molecule has 126 valence electrons. The molecule has 0 aliphatic rings. The van der Waals surface area contributed by atoms with Crippen LogP contribution in [-0.4, -0.2) is 35.0 Å². The average molecular weight is 326 g/mol. The van der Waals surface area contributed by atoms with Gasteiger partial charge in [-0.2, -0.15) is 0 Å². The second kappa shape index (κ2) is 8.26. The summed E-state index contributed by atoms with van der Waals surface area (Å²) in [7, 11) is 0. The molecule has 0 saturated carbocycles. The number of rotatable bonds is 5. The zero-order valence-electron chi connectivity index (χ0n) is 14.0. The molecule has 0 fully saturated rings. The predicted octanol–water partition coefficient (Wildman–Crippen LogP) is 2.26. The lowest BCUT2D eigenvalue weighted by Crippen LogP contribution is -2.40. The molecule has 0 bridgehead atoms. The highest BCUT2D eigenvalue weighted by Gasteiger charge is 2.22. The Kier molecular flexibility index (Phi) is 6.09. The fraction of sp³-hybridized carbons (Fsp3) is 0.263. The molecule has 0 unspecified atom stereocenters. The summed E-state index contributed by atoms with van der Waals surface area (Å²) in [5.41, 5.74) is 3.50. The molecule has 0 radical (unpaired) electrons. The molecule has 5 heteroatoms. The molecule has 0 atom stereocenters. The first-order chi connectivity index (χ1) is 11.5. The van der Waals surface area contributed by atoms with Gasteiger partial charge < -0.3 is 15.3 Å². The van der Waals surface area contributed by atoms with E-state index in [-0.39, 0.29) is 19.7 Å². The van der Waals surface area contributed by atoms with Crippen molar-refractivity contribution in [3.05, 3.63) is 65.2 Å². The van der Waals surface area contributed by atoms with E-state index in [2.05, 4.69) is 5.32 Å². The molecule has 2 aromatic carbocycles. The highest BCUT2D eigenvalue weighted by atomic mass is 16.3. The van der Waals surface area contributed by atoms with Gasteiger partial charge in [0.15, 0.2) is 0 Å². The number of carbonyl (C=O) groups is 2. The van der Waals surface area contributed by atoms with Crippen LogP contribution < -0.4 is 5.32 Å². The van der Waals surface area contributed by atoms with Crippen LogP contribution in [-0.2, 0) is 16.1 Å². The summed E-state index contributed by atoms with van der Waals surface area (Å²) in [6.45, 7) is 4.03. The number of hydrogen-bond donors (Lipinski definition) is 2. The topological polar surface area (TPSA) is 69.6 Å². The summed E-state index contributed by atoms with van der Waals surface area (Å²) in [6.07, 6.45) is 0. The SMILES string of the molecule is Cc1ccc(NC(=O)C(=O)N(CCO)Cc2ccccc2)c(C)c1. The molecule has 0 heterocycles. The van der Waals surface area contributed by atoms with Gasteiger partial charge in [0.05, 0.1) is 6.61 Å². The predicted molar refractivity (Wildman–Crippen MR) is 93.5 cm³/mol. The lowest BCUT2D eigenvalue weighted by Gasteiger charge is -2.21. The molecule has 0 aromatic heterocycles. The third-order valence-corrected chi connectivity index (χ3v) is 3.70. The number of aryl methyl sites for hydroxylation is 2.